The third kappa shape index (κ3) is 12.4. The zero-order valence-corrected chi connectivity index (χ0v) is 31.5. The first-order valence-corrected chi connectivity index (χ1v) is 17.4. The zero-order valence-electron chi connectivity index (χ0n) is 31.5. The fourth-order valence-corrected chi connectivity index (χ4v) is 6.39. The molecule has 0 radical (unpaired) electrons. The van der Waals surface area contributed by atoms with Crippen LogP contribution < -0.4 is 20.5 Å². The summed E-state index contributed by atoms with van der Waals surface area (Å²) in [6.07, 6.45) is 1.70. The minimum Gasteiger partial charge on any atom is -0.493 e. The number of rotatable bonds is 18. The van der Waals surface area contributed by atoms with Gasteiger partial charge in [0, 0.05) is 38.5 Å². The highest BCUT2D eigenvalue weighted by molar-refractivity contribution is 5.81. The van der Waals surface area contributed by atoms with Crippen LogP contribution in [0.1, 0.15) is 100 Å². The van der Waals surface area contributed by atoms with Crippen LogP contribution in [0.15, 0.2) is 18.2 Å². The normalized spacial score (nSPS) is 19.6. The molecular weight excluding hydrogens is 614 g/mol. The Kier molecular flexibility index (Phi) is 15.5. The van der Waals surface area contributed by atoms with Crippen molar-refractivity contribution in [3.05, 3.63) is 23.8 Å². The first-order chi connectivity index (χ1) is 22.3. The molecule has 0 aliphatic carbocycles. The molecule has 2 rings (SSSR count). The van der Waals surface area contributed by atoms with Crippen LogP contribution in [-0.4, -0.2) is 79.8 Å². The number of primary amides is 1. The zero-order chi connectivity index (χ0) is 36.4. The van der Waals surface area contributed by atoms with Crippen LogP contribution >= 0.6 is 0 Å². The van der Waals surface area contributed by atoms with Crippen LogP contribution in [0.25, 0.3) is 0 Å². The molecule has 0 saturated carbocycles. The molecule has 1 aromatic carbocycles. The highest BCUT2D eigenvalue weighted by Crippen LogP contribution is 2.42. The molecule has 1 aliphatic heterocycles. The minimum absolute atomic E-state index is 0.0174. The Balaban J connectivity index is 2.46. The van der Waals surface area contributed by atoms with Crippen LogP contribution in [0.4, 0.5) is 4.79 Å². The SMILES string of the molecule is COCCCOc1cc(C[C@@H](C[C@H]2[C@H](C[C@H](C(=O)N[C@H](C)CC(N)=O)C(C)C)OC(C)(C)N2C(=O)OC(C)(C)C)C(C)C)ccc1OC. The maximum absolute atomic E-state index is 13.9. The molecule has 1 aromatic rings. The third-order valence-electron chi connectivity index (χ3n) is 8.86. The standard InChI is InChI=1S/C37H63N3O8/c1-23(2)27(19-26-14-15-30(45-12)32(20-26)46-17-13-16-44-11)21-29-31(47-37(9,10)40(29)35(43)48-36(6,7)8)22-28(24(3)4)34(42)39-25(5)18-33(38)41/h14-15,20,23-25,27-29,31H,13,16-19,21-22H2,1-12H3,(H2,38,41)(H,39,42)/t25-,27+,28+,29+,31+/m1/s1. The van der Waals surface area contributed by atoms with E-state index in [1.54, 1.807) is 26.0 Å². The summed E-state index contributed by atoms with van der Waals surface area (Å²) in [6, 6.07) is 5.27. The van der Waals surface area contributed by atoms with Crippen molar-refractivity contribution in [1.82, 2.24) is 10.2 Å². The van der Waals surface area contributed by atoms with Crippen molar-refractivity contribution in [2.75, 3.05) is 27.4 Å². The lowest BCUT2D eigenvalue weighted by Gasteiger charge is -2.37. The molecule has 48 heavy (non-hydrogen) atoms. The lowest BCUT2D eigenvalue weighted by Crippen LogP contribution is -2.51. The number of nitrogens with two attached hydrogens (primary N) is 1. The van der Waals surface area contributed by atoms with E-state index in [-0.39, 0.29) is 36.1 Å². The van der Waals surface area contributed by atoms with Crippen LogP contribution in [0.2, 0.25) is 0 Å². The summed E-state index contributed by atoms with van der Waals surface area (Å²) in [5.41, 5.74) is 4.80. The fourth-order valence-electron chi connectivity index (χ4n) is 6.39. The molecule has 0 spiro atoms. The van der Waals surface area contributed by atoms with Crippen molar-refractivity contribution in [2.45, 2.75) is 131 Å². The van der Waals surface area contributed by atoms with E-state index in [1.807, 2.05) is 60.6 Å². The van der Waals surface area contributed by atoms with E-state index < -0.39 is 41.4 Å². The molecule has 1 fully saturated rings. The van der Waals surface area contributed by atoms with Gasteiger partial charge in [-0.3, -0.25) is 14.5 Å². The van der Waals surface area contributed by atoms with Gasteiger partial charge in [0.2, 0.25) is 11.8 Å². The van der Waals surface area contributed by atoms with E-state index >= 15 is 0 Å². The lowest BCUT2D eigenvalue weighted by atomic mass is 9.80. The topological polar surface area (TPSA) is 139 Å². The quantitative estimate of drug-likeness (QED) is 0.178. The molecule has 3 amide bonds. The van der Waals surface area contributed by atoms with Crippen LogP contribution in [0.3, 0.4) is 0 Å². The van der Waals surface area contributed by atoms with E-state index in [1.165, 1.54) is 0 Å². The molecule has 274 valence electrons. The predicted octanol–water partition coefficient (Wildman–Crippen LogP) is 6.10. The van der Waals surface area contributed by atoms with Gasteiger partial charge >= 0.3 is 6.09 Å². The molecule has 1 aliphatic rings. The van der Waals surface area contributed by atoms with Gasteiger partial charge in [-0.25, -0.2) is 4.79 Å². The van der Waals surface area contributed by atoms with Crippen molar-refractivity contribution in [3.63, 3.8) is 0 Å². The van der Waals surface area contributed by atoms with Crippen LogP contribution in [-0.2, 0) is 30.2 Å². The number of carbonyl (C=O) groups excluding carboxylic acids is 3. The first-order valence-electron chi connectivity index (χ1n) is 17.4. The van der Waals surface area contributed by atoms with Gasteiger partial charge in [0.1, 0.15) is 11.3 Å². The lowest BCUT2D eigenvalue weighted by molar-refractivity contribution is -0.130. The van der Waals surface area contributed by atoms with Crippen molar-refractivity contribution in [1.29, 1.82) is 0 Å². The number of methoxy groups -OCH3 is 2. The molecule has 1 saturated heterocycles. The second-order valence-corrected chi connectivity index (χ2v) is 15.3. The average Bonchev–Trinajstić information content (AvgIpc) is 3.20. The monoisotopic (exact) mass is 677 g/mol. The second kappa shape index (κ2) is 18.1. The number of nitrogens with zero attached hydrogens (tertiary/aromatic N) is 1. The highest BCUT2D eigenvalue weighted by Gasteiger charge is 2.52. The van der Waals surface area contributed by atoms with E-state index in [0.717, 1.165) is 18.4 Å². The number of amides is 3. The molecule has 11 nitrogen and oxygen atoms in total. The van der Waals surface area contributed by atoms with E-state index in [9.17, 15) is 14.4 Å². The summed E-state index contributed by atoms with van der Waals surface area (Å²) in [4.78, 5) is 40.6. The van der Waals surface area contributed by atoms with Gasteiger partial charge in [0.25, 0.3) is 0 Å². The number of hydrogen-bond donors (Lipinski definition) is 2. The minimum atomic E-state index is -0.972. The number of carbonyl (C=O) groups is 3. The van der Waals surface area contributed by atoms with E-state index in [2.05, 4.69) is 25.2 Å². The van der Waals surface area contributed by atoms with Gasteiger partial charge < -0.3 is 34.7 Å². The molecule has 0 bridgehead atoms. The van der Waals surface area contributed by atoms with Crippen molar-refractivity contribution >= 4 is 17.9 Å². The fraction of sp³-hybridized carbons (Fsp3) is 0.757. The number of ether oxygens (including phenoxy) is 5. The van der Waals surface area contributed by atoms with Crippen molar-refractivity contribution < 1.29 is 38.1 Å². The number of nitrogens with one attached hydrogen (secondary N) is 1. The summed E-state index contributed by atoms with van der Waals surface area (Å²) < 4.78 is 29.4. The number of hydrogen-bond acceptors (Lipinski definition) is 8. The summed E-state index contributed by atoms with van der Waals surface area (Å²) in [5.74, 6) is 0.699. The van der Waals surface area contributed by atoms with Gasteiger partial charge in [-0.2, -0.15) is 0 Å². The Bertz CT molecular complexity index is 1200. The summed E-state index contributed by atoms with van der Waals surface area (Å²) in [6.45, 7) is 20.6. The Labute approximate surface area is 288 Å². The molecule has 0 unspecified atom stereocenters. The Hall–Kier alpha value is -3.05. The molecule has 0 aromatic heterocycles. The Morgan fingerprint density at radius 3 is 2.21 bits per heavy atom. The van der Waals surface area contributed by atoms with Gasteiger partial charge in [0.05, 0.1) is 25.9 Å². The van der Waals surface area contributed by atoms with Gasteiger partial charge in [-0.05, 0) is 96.3 Å². The number of benzene rings is 1. The predicted molar refractivity (Wildman–Crippen MR) is 187 cm³/mol. The van der Waals surface area contributed by atoms with Gasteiger partial charge in [-0.15, -0.1) is 0 Å². The van der Waals surface area contributed by atoms with Gasteiger partial charge in [0.15, 0.2) is 11.5 Å². The molecular formula is C37H63N3O8. The summed E-state index contributed by atoms with van der Waals surface area (Å²) in [5, 5.41) is 2.97. The molecule has 11 heteroatoms. The van der Waals surface area contributed by atoms with E-state index in [4.69, 9.17) is 29.4 Å². The third-order valence-corrected chi connectivity index (χ3v) is 8.86. The van der Waals surface area contributed by atoms with Crippen molar-refractivity contribution in [2.24, 2.45) is 29.4 Å². The first kappa shape index (κ1) is 41.1. The highest BCUT2D eigenvalue weighted by atomic mass is 16.6. The molecule has 3 N–H and O–H groups in total. The summed E-state index contributed by atoms with van der Waals surface area (Å²) in [7, 11) is 3.30. The smallest absolute Gasteiger partial charge is 0.412 e. The van der Waals surface area contributed by atoms with Gasteiger partial charge in [-0.1, -0.05) is 33.8 Å². The molecule has 1 heterocycles. The van der Waals surface area contributed by atoms with E-state index in [0.29, 0.717) is 37.6 Å². The van der Waals surface area contributed by atoms with Crippen LogP contribution in [0.5, 0.6) is 11.5 Å². The molecule has 5 atom stereocenters. The Morgan fingerprint density at radius 2 is 1.67 bits per heavy atom. The largest absolute Gasteiger partial charge is 0.493 e. The van der Waals surface area contributed by atoms with Crippen molar-refractivity contribution in [3.8, 4) is 11.5 Å². The maximum Gasteiger partial charge on any atom is 0.412 e. The average molecular weight is 678 g/mol. The second-order valence-electron chi connectivity index (χ2n) is 15.3. The summed E-state index contributed by atoms with van der Waals surface area (Å²) >= 11 is 0. The van der Waals surface area contributed by atoms with Crippen LogP contribution in [0, 0.1) is 23.7 Å². The Morgan fingerprint density at radius 1 is 1.00 bits per heavy atom. The maximum atomic E-state index is 13.9.